The average Bonchev–Trinajstić information content (AvgIpc) is 2.60. The lowest BCUT2D eigenvalue weighted by atomic mass is 10.1. The van der Waals surface area contributed by atoms with Crippen LogP contribution < -0.4 is 10.1 Å². The zero-order chi connectivity index (χ0) is 16.1. The molecule has 0 atom stereocenters. The summed E-state index contributed by atoms with van der Waals surface area (Å²) in [5.41, 5.74) is 3.53. The molecule has 118 valence electrons. The fourth-order valence-electron chi connectivity index (χ4n) is 2.68. The molecule has 0 heterocycles. The Hall–Kier alpha value is -2.52. The van der Waals surface area contributed by atoms with E-state index in [1.165, 1.54) is 21.9 Å². The largest absolute Gasteiger partial charge is 0.497 e. The highest BCUT2D eigenvalue weighted by Gasteiger charge is 2.02. The summed E-state index contributed by atoms with van der Waals surface area (Å²) in [6.07, 6.45) is 0. The second-order valence-corrected chi connectivity index (χ2v) is 5.49. The van der Waals surface area contributed by atoms with Crippen LogP contribution in [0.4, 0.5) is 5.69 Å². The SMILES string of the molecule is COCc1ccccc1NCc1ccc2cc(OC)ccc2c1. The van der Waals surface area contributed by atoms with E-state index in [-0.39, 0.29) is 0 Å². The third-order valence-electron chi connectivity index (χ3n) is 3.91. The first kappa shape index (κ1) is 15.4. The van der Waals surface area contributed by atoms with Crippen molar-refractivity contribution in [1.29, 1.82) is 0 Å². The fraction of sp³-hybridized carbons (Fsp3) is 0.200. The molecule has 0 spiro atoms. The Morgan fingerprint density at radius 3 is 2.48 bits per heavy atom. The smallest absolute Gasteiger partial charge is 0.119 e. The highest BCUT2D eigenvalue weighted by atomic mass is 16.5. The van der Waals surface area contributed by atoms with Crippen molar-refractivity contribution in [2.24, 2.45) is 0 Å². The van der Waals surface area contributed by atoms with Crippen LogP contribution in [0.1, 0.15) is 11.1 Å². The van der Waals surface area contributed by atoms with Crippen molar-refractivity contribution in [3.05, 3.63) is 71.8 Å². The molecule has 0 amide bonds. The molecule has 3 nitrogen and oxygen atoms in total. The summed E-state index contributed by atoms with van der Waals surface area (Å²) >= 11 is 0. The molecule has 0 fully saturated rings. The van der Waals surface area contributed by atoms with E-state index in [9.17, 15) is 0 Å². The van der Waals surface area contributed by atoms with Gasteiger partial charge in [-0.15, -0.1) is 0 Å². The number of para-hydroxylation sites is 1. The van der Waals surface area contributed by atoms with Crippen molar-refractivity contribution >= 4 is 16.5 Å². The summed E-state index contributed by atoms with van der Waals surface area (Å²) in [6.45, 7) is 1.39. The number of anilines is 1. The molecule has 3 aromatic carbocycles. The van der Waals surface area contributed by atoms with Crippen LogP contribution in [0, 0.1) is 0 Å². The van der Waals surface area contributed by atoms with Gasteiger partial charge < -0.3 is 14.8 Å². The predicted octanol–water partition coefficient (Wildman–Crippen LogP) is 4.61. The van der Waals surface area contributed by atoms with Crippen molar-refractivity contribution in [2.45, 2.75) is 13.2 Å². The van der Waals surface area contributed by atoms with Gasteiger partial charge in [-0.3, -0.25) is 0 Å². The topological polar surface area (TPSA) is 30.5 Å². The Labute approximate surface area is 136 Å². The van der Waals surface area contributed by atoms with Gasteiger partial charge in [0, 0.05) is 24.9 Å². The van der Waals surface area contributed by atoms with E-state index < -0.39 is 0 Å². The lowest BCUT2D eigenvalue weighted by molar-refractivity contribution is 0.185. The molecular formula is C20H21NO2. The van der Waals surface area contributed by atoms with Gasteiger partial charge in [0.05, 0.1) is 13.7 Å². The van der Waals surface area contributed by atoms with E-state index in [2.05, 4.69) is 47.8 Å². The van der Waals surface area contributed by atoms with Gasteiger partial charge in [-0.25, -0.2) is 0 Å². The van der Waals surface area contributed by atoms with Gasteiger partial charge in [-0.05, 0) is 40.6 Å². The highest BCUT2D eigenvalue weighted by molar-refractivity contribution is 5.84. The molecule has 0 saturated heterocycles. The van der Waals surface area contributed by atoms with Gasteiger partial charge in [0.1, 0.15) is 5.75 Å². The molecule has 3 aromatic rings. The van der Waals surface area contributed by atoms with Crippen LogP contribution in [0.2, 0.25) is 0 Å². The van der Waals surface area contributed by atoms with E-state index in [4.69, 9.17) is 9.47 Å². The summed E-state index contributed by atoms with van der Waals surface area (Å²) in [6, 6.07) is 20.9. The first-order valence-corrected chi connectivity index (χ1v) is 7.67. The standard InChI is InChI=1S/C20H21NO2/c1-22-14-18-5-3-4-6-20(18)21-13-15-7-8-17-12-19(23-2)10-9-16(17)11-15/h3-12,21H,13-14H2,1-2H3. The third kappa shape index (κ3) is 3.63. The summed E-state index contributed by atoms with van der Waals surface area (Å²) in [5, 5.41) is 5.90. The van der Waals surface area contributed by atoms with Gasteiger partial charge in [0.25, 0.3) is 0 Å². The number of ether oxygens (including phenoxy) is 2. The van der Waals surface area contributed by atoms with Gasteiger partial charge in [-0.1, -0.05) is 36.4 Å². The van der Waals surface area contributed by atoms with E-state index in [1.54, 1.807) is 14.2 Å². The maximum absolute atomic E-state index is 5.27. The van der Waals surface area contributed by atoms with Crippen molar-refractivity contribution in [2.75, 3.05) is 19.5 Å². The second kappa shape index (κ2) is 7.16. The van der Waals surface area contributed by atoms with E-state index in [1.807, 2.05) is 18.2 Å². The summed E-state index contributed by atoms with van der Waals surface area (Å²) in [4.78, 5) is 0. The van der Waals surface area contributed by atoms with E-state index in [0.717, 1.165) is 18.0 Å². The van der Waals surface area contributed by atoms with Crippen molar-refractivity contribution < 1.29 is 9.47 Å². The number of benzene rings is 3. The van der Waals surface area contributed by atoms with Crippen LogP contribution in [-0.2, 0) is 17.9 Å². The average molecular weight is 307 g/mol. The Morgan fingerprint density at radius 1 is 0.870 bits per heavy atom. The number of methoxy groups -OCH3 is 2. The number of hydrogen-bond donors (Lipinski definition) is 1. The monoisotopic (exact) mass is 307 g/mol. The molecule has 3 rings (SSSR count). The second-order valence-electron chi connectivity index (χ2n) is 5.49. The normalized spacial score (nSPS) is 10.7. The maximum atomic E-state index is 5.27. The van der Waals surface area contributed by atoms with Gasteiger partial charge in [0.15, 0.2) is 0 Å². The Morgan fingerprint density at radius 2 is 1.65 bits per heavy atom. The van der Waals surface area contributed by atoms with Gasteiger partial charge in [0.2, 0.25) is 0 Å². The number of fused-ring (bicyclic) bond motifs is 1. The van der Waals surface area contributed by atoms with Crippen molar-refractivity contribution in [3.63, 3.8) is 0 Å². The Balaban J connectivity index is 1.77. The maximum Gasteiger partial charge on any atom is 0.119 e. The molecule has 1 N–H and O–H groups in total. The number of rotatable bonds is 6. The van der Waals surface area contributed by atoms with Crippen LogP contribution >= 0.6 is 0 Å². The Kier molecular flexibility index (Phi) is 4.79. The molecule has 0 bridgehead atoms. The number of nitrogens with one attached hydrogen (secondary N) is 1. The molecule has 0 aromatic heterocycles. The zero-order valence-corrected chi connectivity index (χ0v) is 13.5. The molecule has 0 aliphatic carbocycles. The molecule has 0 radical (unpaired) electrons. The third-order valence-corrected chi connectivity index (χ3v) is 3.91. The lowest BCUT2D eigenvalue weighted by Gasteiger charge is -2.12. The van der Waals surface area contributed by atoms with E-state index in [0.29, 0.717) is 6.61 Å². The van der Waals surface area contributed by atoms with Crippen molar-refractivity contribution in [3.8, 4) is 5.75 Å². The summed E-state index contributed by atoms with van der Waals surface area (Å²) < 4.78 is 10.5. The number of hydrogen-bond acceptors (Lipinski definition) is 3. The quantitative estimate of drug-likeness (QED) is 0.721. The first-order valence-electron chi connectivity index (χ1n) is 7.67. The fourth-order valence-corrected chi connectivity index (χ4v) is 2.68. The van der Waals surface area contributed by atoms with Crippen molar-refractivity contribution in [1.82, 2.24) is 0 Å². The van der Waals surface area contributed by atoms with E-state index >= 15 is 0 Å². The molecule has 0 saturated carbocycles. The molecule has 0 aliphatic rings. The molecular weight excluding hydrogens is 286 g/mol. The van der Waals surface area contributed by atoms with Crippen LogP contribution in [0.15, 0.2) is 60.7 Å². The molecule has 23 heavy (non-hydrogen) atoms. The summed E-state index contributed by atoms with van der Waals surface area (Å²) in [7, 11) is 3.41. The minimum Gasteiger partial charge on any atom is -0.497 e. The van der Waals surface area contributed by atoms with Crippen LogP contribution in [0.3, 0.4) is 0 Å². The minimum absolute atomic E-state index is 0.612. The zero-order valence-electron chi connectivity index (χ0n) is 13.5. The van der Waals surface area contributed by atoms with Crippen LogP contribution in [0.25, 0.3) is 10.8 Å². The van der Waals surface area contributed by atoms with Crippen LogP contribution in [-0.4, -0.2) is 14.2 Å². The predicted molar refractivity (Wildman–Crippen MR) is 95.0 cm³/mol. The van der Waals surface area contributed by atoms with Gasteiger partial charge >= 0.3 is 0 Å². The first-order chi connectivity index (χ1) is 11.3. The van der Waals surface area contributed by atoms with Gasteiger partial charge in [-0.2, -0.15) is 0 Å². The molecule has 0 aliphatic heterocycles. The van der Waals surface area contributed by atoms with Crippen LogP contribution in [0.5, 0.6) is 5.75 Å². The molecule has 3 heteroatoms. The lowest BCUT2D eigenvalue weighted by Crippen LogP contribution is -2.03. The highest BCUT2D eigenvalue weighted by Crippen LogP contribution is 2.23. The summed E-state index contributed by atoms with van der Waals surface area (Å²) in [5.74, 6) is 0.886. The Bertz CT molecular complexity index is 799. The minimum atomic E-state index is 0.612. The molecule has 0 unspecified atom stereocenters.